The summed E-state index contributed by atoms with van der Waals surface area (Å²) < 4.78 is 9.86. The van der Waals surface area contributed by atoms with Gasteiger partial charge in [-0.2, -0.15) is 5.26 Å². The van der Waals surface area contributed by atoms with Crippen molar-refractivity contribution < 1.29 is 23.9 Å². The van der Waals surface area contributed by atoms with Crippen LogP contribution in [0.4, 0.5) is 5.69 Å². The molecule has 0 aliphatic carbocycles. The summed E-state index contributed by atoms with van der Waals surface area (Å²) in [5, 5.41) is 13.8. The molecule has 2 amide bonds. The van der Waals surface area contributed by atoms with E-state index in [1.165, 1.54) is 14.2 Å². The molecule has 0 unspecified atom stereocenters. The van der Waals surface area contributed by atoms with Gasteiger partial charge in [0.1, 0.15) is 17.7 Å². The van der Waals surface area contributed by atoms with Crippen molar-refractivity contribution in [3.63, 3.8) is 0 Å². The number of amides is 2. The minimum absolute atomic E-state index is 0.202. The zero-order chi connectivity index (χ0) is 20.5. The number of methoxy groups -OCH3 is 2. The maximum Gasteiger partial charge on any atom is 0.341 e. The summed E-state index contributed by atoms with van der Waals surface area (Å²) in [5.74, 6) is -0.874. The number of carbonyl (C=O) groups is 3. The molecule has 0 saturated heterocycles. The van der Waals surface area contributed by atoms with Gasteiger partial charge in [0.2, 0.25) is 5.91 Å². The van der Waals surface area contributed by atoms with Crippen LogP contribution in [0.1, 0.15) is 32.7 Å². The lowest BCUT2D eigenvalue weighted by Crippen LogP contribution is -2.23. The lowest BCUT2D eigenvalue weighted by atomic mass is 10.1. The topological polar surface area (TPSA) is 118 Å². The molecule has 28 heavy (non-hydrogen) atoms. The maximum atomic E-state index is 12.3. The summed E-state index contributed by atoms with van der Waals surface area (Å²) in [6, 6.07) is 13.0. The monoisotopic (exact) mass is 381 g/mol. The van der Waals surface area contributed by atoms with E-state index >= 15 is 0 Å². The second-order valence-electron chi connectivity index (χ2n) is 5.67. The third-order valence-electron chi connectivity index (χ3n) is 3.79. The first-order valence-corrected chi connectivity index (χ1v) is 8.28. The quantitative estimate of drug-likeness (QED) is 0.711. The molecule has 0 fully saturated rings. The van der Waals surface area contributed by atoms with E-state index in [1.54, 1.807) is 48.5 Å². The largest absolute Gasteiger partial charge is 0.496 e. The Hall–Kier alpha value is -3.86. The summed E-state index contributed by atoms with van der Waals surface area (Å²) in [6.07, 6.45) is -0.238. The molecular formula is C20H19N3O5. The van der Waals surface area contributed by atoms with E-state index in [9.17, 15) is 14.4 Å². The predicted octanol–water partition coefficient (Wildman–Crippen LogP) is 2.26. The van der Waals surface area contributed by atoms with E-state index in [2.05, 4.69) is 10.6 Å². The van der Waals surface area contributed by atoms with Crippen LogP contribution in [0.15, 0.2) is 42.5 Å². The van der Waals surface area contributed by atoms with Crippen molar-refractivity contribution >= 4 is 23.5 Å². The Morgan fingerprint density at radius 3 is 2.39 bits per heavy atom. The van der Waals surface area contributed by atoms with Gasteiger partial charge in [-0.15, -0.1) is 0 Å². The minimum atomic E-state index is -0.529. The first kappa shape index (κ1) is 20.5. The average molecular weight is 381 g/mol. The molecule has 0 saturated carbocycles. The summed E-state index contributed by atoms with van der Waals surface area (Å²) in [5.41, 5.74) is 1.87. The number of nitrogens with zero attached hydrogens (tertiary/aromatic N) is 1. The van der Waals surface area contributed by atoms with Crippen molar-refractivity contribution in [1.82, 2.24) is 5.32 Å². The molecule has 0 radical (unpaired) electrons. The van der Waals surface area contributed by atoms with Gasteiger partial charge in [0.25, 0.3) is 5.91 Å². The maximum absolute atomic E-state index is 12.3. The number of carbonyl (C=O) groups excluding carboxylic acids is 3. The fraction of sp³-hybridized carbons (Fsp3) is 0.200. The summed E-state index contributed by atoms with van der Waals surface area (Å²) in [4.78, 5) is 35.5. The third-order valence-corrected chi connectivity index (χ3v) is 3.79. The molecule has 0 aliphatic rings. The molecule has 2 aromatic rings. The molecule has 0 aromatic heterocycles. The molecule has 8 heteroatoms. The van der Waals surface area contributed by atoms with Crippen LogP contribution in [0, 0.1) is 11.3 Å². The van der Waals surface area contributed by atoms with Crippen molar-refractivity contribution in [2.24, 2.45) is 0 Å². The number of nitriles is 1. The highest BCUT2D eigenvalue weighted by Crippen LogP contribution is 2.21. The van der Waals surface area contributed by atoms with Crippen LogP contribution < -0.4 is 15.4 Å². The number of hydrogen-bond donors (Lipinski definition) is 2. The molecule has 8 nitrogen and oxygen atoms in total. The lowest BCUT2D eigenvalue weighted by Gasteiger charge is -2.10. The fourth-order valence-corrected chi connectivity index (χ4v) is 2.40. The van der Waals surface area contributed by atoms with Crippen LogP contribution in [-0.2, 0) is 16.1 Å². The number of anilines is 1. The zero-order valence-corrected chi connectivity index (χ0v) is 15.4. The second kappa shape index (κ2) is 9.73. The number of esters is 1. The third kappa shape index (κ3) is 5.32. The SMILES string of the molecule is COC(=O)c1cc(CNC(=O)c2ccc(NC(=O)CC#N)cc2)ccc1OC. The lowest BCUT2D eigenvalue weighted by molar-refractivity contribution is -0.115. The van der Waals surface area contributed by atoms with Gasteiger partial charge in [-0.3, -0.25) is 9.59 Å². The molecule has 144 valence electrons. The molecule has 0 atom stereocenters. The standard InChI is InChI=1S/C20H19N3O5/c1-27-17-8-3-13(11-16(17)20(26)28-2)12-22-19(25)14-4-6-15(7-5-14)23-18(24)9-10-21/h3-8,11H,9,12H2,1-2H3,(H,22,25)(H,23,24). The van der Waals surface area contributed by atoms with Crippen LogP contribution in [0.3, 0.4) is 0 Å². The molecule has 0 spiro atoms. The molecule has 2 rings (SSSR count). The minimum Gasteiger partial charge on any atom is -0.496 e. The highest BCUT2D eigenvalue weighted by atomic mass is 16.5. The van der Waals surface area contributed by atoms with Crippen LogP contribution in [-0.4, -0.2) is 32.0 Å². The van der Waals surface area contributed by atoms with Gasteiger partial charge < -0.3 is 20.1 Å². The molecule has 0 bridgehead atoms. The Balaban J connectivity index is 2.01. The molecule has 2 N–H and O–H groups in total. The van der Waals surface area contributed by atoms with Gasteiger partial charge in [-0.05, 0) is 42.0 Å². The molecule has 2 aromatic carbocycles. The number of benzene rings is 2. The number of nitrogens with one attached hydrogen (secondary N) is 2. The van der Waals surface area contributed by atoms with Gasteiger partial charge in [0.15, 0.2) is 0 Å². The van der Waals surface area contributed by atoms with E-state index in [0.29, 0.717) is 22.6 Å². The highest BCUT2D eigenvalue weighted by Gasteiger charge is 2.14. The van der Waals surface area contributed by atoms with Gasteiger partial charge in [0, 0.05) is 17.8 Å². The Morgan fingerprint density at radius 1 is 1.07 bits per heavy atom. The van der Waals surface area contributed by atoms with Crippen LogP contribution in [0.2, 0.25) is 0 Å². The Bertz CT molecular complexity index is 916. The van der Waals surface area contributed by atoms with Gasteiger partial charge in [-0.25, -0.2) is 4.79 Å². The molecule has 0 heterocycles. The van der Waals surface area contributed by atoms with Gasteiger partial charge >= 0.3 is 5.97 Å². The predicted molar refractivity (Wildman–Crippen MR) is 101 cm³/mol. The van der Waals surface area contributed by atoms with Crippen molar-refractivity contribution in [3.05, 3.63) is 59.2 Å². The Kier molecular flexibility index (Phi) is 7.11. The summed E-state index contributed by atoms with van der Waals surface area (Å²) >= 11 is 0. The van der Waals surface area contributed by atoms with E-state index in [4.69, 9.17) is 14.7 Å². The van der Waals surface area contributed by atoms with E-state index in [1.807, 2.05) is 0 Å². The first-order chi connectivity index (χ1) is 13.5. The molecular weight excluding hydrogens is 362 g/mol. The van der Waals surface area contributed by atoms with Crippen molar-refractivity contribution in [2.75, 3.05) is 19.5 Å². The van der Waals surface area contributed by atoms with Crippen LogP contribution in [0.25, 0.3) is 0 Å². The Labute approximate surface area is 162 Å². The number of rotatable bonds is 7. The normalized spacial score (nSPS) is 9.75. The first-order valence-electron chi connectivity index (χ1n) is 8.28. The number of hydrogen-bond acceptors (Lipinski definition) is 6. The fourth-order valence-electron chi connectivity index (χ4n) is 2.40. The van der Waals surface area contributed by atoms with Crippen molar-refractivity contribution in [3.8, 4) is 11.8 Å². The van der Waals surface area contributed by atoms with E-state index in [-0.39, 0.29) is 24.4 Å². The summed E-state index contributed by atoms with van der Waals surface area (Å²) in [6.45, 7) is 0.202. The Morgan fingerprint density at radius 2 is 1.79 bits per heavy atom. The zero-order valence-electron chi connectivity index (χ0n) is 15.4. The van der Waals surface area contributed by atoms with Crippen molar-refractivity contribution in [1.29, 1.82) is 5.26 Å². The molecule has 0 aliphatic heterocycles. The summed E-state index contributed by atoms with van der Waals surface area (Å²) in [7, 11) is 2.73. The average Bonchev–Trinajstić information content (AvgIpc) is 2.71. The van der Waals surface area contributed by atoms with Crippen LogP contribution >= 0.6 is 0 Å². The van der Waals surface area contributed by atoms with Gasteiger partial charge in [-0.1, -0.05) is 6.07 Å². The number of ether oxygens (including phenoxy) is 2. The second-order valence-corrected chi connectivity index (χ2v) is 5.67. The smallest absolute Gasteiger partial charge is 0.341 e. The van der Waals surface area contributed by atoms with E-state index in [0.717, 1.165) is 0 Å². The van der Waals surface area contributed by atoms with Gasteiger partial charge in [0.05, 0.1) is 20.3 Å². The highest BCUT2D eigenvalue weighted by molar-refractivity contribution is 5.96. The van der Waals surface area contributed by atoms with E-state index < -0.39 is 11.9 Å². The van der Waals surface area contributed by atoms with Crippen molar-refractivity contribution in [2.45, 2.75) is 13.0 Å². The van der Waals surface area contributed by atoms with Crippen LogP contribution in [0.5, 0.6) is 5.75 Å².